The van der Waals surface area contributed by atoms with E-state index in [0.717, 1.165) is 26.4 Å². The van der Waals surface area contributed by atoms with Crippen LogP contribution < -0.4 is 4.74 Å². The third-order valence-corrected chi connectivity index (χ3v) is 4.85. The summed E-state index contributed by atoms with van der Waals surface area (Å²) in [6.45, 7) is 2.72. The molecule has 0 amide bonds. The van der Waals surface area contributed by atoms with Crippen molar-refractivity contribution in [3.8, 4) is 5.75 Å². The van der Waals surface area contributed by atoms with Gasteiger partial charge in [0.05, 0.1) is 8.95 Å². The second-order valence-corrected chi connectivity index (χ2v) is 6.75. The Morgan fingerprint density at radius 1 is 0.900 bits per heavy atom. The maximum Gasteiger partial charge on any atom is 0.148 e. The van der Waals surface area contributed by atoms with E-state index in [9.17, 15) is 0 Å². The highest BCUT2D eigenvalue weighted by Crippen LogP contribution is 2.35. The number of hydrogen-bond acceptors (Lipinski definition) is 1. The fourth-order valence-corrected chi connectivity index (χ4v) is 3.69. The molecule has 0 unspecified atom stereocenters. The molecule has 0 aromatic heterocycles. The molecule has 0 aliphatic heterocycles. The second kappa shape index (κ2) is 7.62. The fourth-order valence-electron chi connectivity index (χ4n) is 1.85. The number of ether oxygens (including phenoxy) is 1. The minimum atomic E-state index is 0.564. The largest absolute Gasteiger partial charge is 0.487 e. The highest BCUT2D eigenvalue weighted by atomic mass is 79.9. The van der Waals surface area contributed by atoms with Gasteiger partial charge in [-0.15, -0.1) is 0 Å². The van der Waals surface area contributed by atoms with Crippen LogP contribution in [0.5, 0.6) is 5.75 Å². The standard InChI is InChI=1S/C16H15Br3O/c1-2-11-3-5-12(6-4-11)10-20-16-14(18)7-13(9-17)8-15(16)19/h3-8H,2,9-10H2,1H3. The van der Waals surface area contributed by atoms with Gasteiger partial charge >= 0.3 is 0 Å². The topological polar surface area (TPSA) is 9.23 Å². The van der Waals surface area contributed by atoms with Gasteiger partial charge in [-0.05, 0) is 67.1 Å². The molecule has 2 aromatic carbocycles. The van der Waals surface area contributed by atoms with E-state index in [1.54, 1.807) is 0 Å². The van der Waals surface area contributed by atoms with Gasteiger partial charge in [0.15, 0.2) is 0 Å². The Kier molecular flexibility index (Phi) is 6.12. The van der Waals surface area contributed by atoms with Gasteiger partial charge in [0.25, 0.3) is 0 Å². The minimum Gasteiger partial charge on any atom is -0.487 e. The third-order valence-electron chi connectivity index (χ3n) is 3.03. The van der Waals surface area contributed by atoms with Crippen molar-refractivity contribution in [3.63, 3.8) is 0 Å². The van der Waals surface area contributed by atoms with E-state index >= 15 is 0 Å². The molecule has 4 heteroatoms. The van der Waals surface area contributed by atoms with Crippen molar-refractivity contribution >= 4 is 47.8 Å². The maximum atomic E-state index is 5.92. The first kappa shape index (κ1) is 16.1. The van der Waals surface area contributed by atoms with E-state index in [1.165, 1.54) is 16.7 Å². The summed E-state index contributed by atoms with van der Waals surface area (Å²) in [5.74, 6) is 0.842. The lowest BCUT2D eigenvalue weighted by Gasteiger charge is -2.12. The van der Waals surface area contributed by atoms with Gasteiger partial charge in [-0.1, -0.05) is 47.1 Å². The number of halogens is 3. The normalized spacial score (nSPS) is 10.6. The fraction of sp³-hybridized carbons (Fsp3) is 0.250. The average Bonchev–Trinajstić information content (AvgIpc) is 2.46. The molecule has 2 rings (SSSR count). The Hall–Kier alpha value is -0.320. The Labute approximate surface area is 145 Å². The monoisotopic (exact) mass is 460 g/mol. The van der Waals surface area contributed by atoms with Crippen molar-refractivity contribution in [2.75, 3.05) is 0 Å². The summed E-state index contributed by atoms with van der Waals surface area (Å²) in [7, 11) is 0. The van der Waals surface area contributed by atoms with Gasteiger partial charge in [0, 0.05) is 5.33 Å². The quantitative estimate of drug-likeness (QED) is 0.477. The van der Waals surface area contributed by atoms with Crippen LogP contribution in [0.4, 0.5) is 0 Å². The molecule has 0 heterocycles. The lowest BCUT2D eigenvalue weighted by Crippen LogP contribution is -1.98. The molecule has 0 N–H and O–H groups in total. The van der Waals surface area contributed by atoms with E-state index in [-0.39, 0.29) is 0 Å². The Morgan fingerprint density at radius 2 is 1.45 bits per heavy atom. The molecule has 0 saturated heterocycles. The highest BCUT2D eigenvalue weighted by Gasteiger charge is 2.09. The van der Waals surface area contributed by atoms with Crippen molar-refractivity contribution in [1.29, 1.82) is 0 Å². The number of rotatable bonds is 5. The molecule has 0 spiro atoms. The molecule has 0 fully saturated rings. The summed E-state index contributed by atoms with van der Waals surface area (Å²) in [4.78, 5) is 0. The van der Waals surface area contributed by atoms with Crippen LogP contribution in [0.25, 0.3) is 0 Å². The summed E-state index contributed by atoms with van der Waals surface area (Å²) in [5.41, 5.74) is 3.71. The minimum absolute atomic E-state index is 0.564. The van der Waals surface area contributed by atoms with Gasteiger partial charge in [0.2, 0.25) is 0 Å². The third kappa shape index (κ3) is 4.09. The number of alkyl halides is 1. The molecular weight excluding hydrogens is 448 g/mol. The molecule has 2 aromatic rings. The average molecular weight is 463 g/mol. The van der Waals surface area contributed by atoms with Gasteiger partial charge in [-0.2, -0.15) is 0 Å². The SMILES string of the molecule is CCc1ccc(COc2c(Br)cc(CBr)cc2Br)cc1. The molecular formula is C16H15Br3O. The van der Waals surface area contributed by atoms with Gasteiger partial charge < -0.3 is 4.74 Å². The van der Waals surface area contributed by atoms with Gasteiger partial charge in [-0.25, -0.2) is 0 Å². The molecule has 106 valence electrons. The van der Waals surface area contributed by atoms with Crippen LogP contribution in [-0.2, 0) is 18.4 Å². The number of hydrogen-bond donors (Lipinski definition) is 0. The lowest BCUT2D eigenvalue weighted by atomic mass is 10.1. The predicted octanol–water partition coefficient (Wildman–Crippen LogP) is 6.25. The van der Waals surface area contributed by atoms with Crippen molar-refractivity contribution in [2.24, 2.45) is 0 Å². The Morgan fingerprint density at radius 3 is 1.95 bits per heavy atom. The van der Waals surface area contributed by atoms with Crippen LogP contribution in [0.3, 0.4) is 0 Å². The molecule has 0 atom stereocenters. The molecule has 0 radical (unpaired) electrons. The molecule has 0 saturated carbocycles. The number of aryl methyl sites for hydroxylation is 1. The van der Waals surface area contributed by atoms with Crippen molar-refractivity contribution < 1.29 is 4.74 Å². The summed E-state index contributed by atoms with van der Waals surface area (Å²) >= 11 is 10.6. The van der Waals surface area contributed by atoms with Crippen LogP contribution in [0.1, 0.15) is 23.6 Å². The molecule has 1 nitrogen and oxygen atoms in total. The van der Waals surface area contributed by atoms with Crippen LogP contribution >= 0.6 is 47.8 Å². The predicted molar refractivity (Wildman–Crippen MR) is 94.6 cm³/mol. The zero-order valence-corrected chi connectivity index (χ0v) is 15.9. The van der Waals surface area contributed by atoms with E-state index in [4.69, 9.17) is 4.74 Å². The Balaban J connectivity index is 2.10. The first-order chi connectivity index (χ1) is 9.63. The first-order valence-corrected chi connectivity index (χ1v) is 9.09. The van der Waals surface area contributed by atoms with Crippen molar-refractivity contribution in [3.05, 3.63) is 62.0 Å². The first-order valence-electron chi connectivity index (χ1n) is 6.38. The van der Waals surface area contributed by atoms with Crippen LogP contribution in [0.15, 0.2) is 45.3 Å². The maximum absolute atomic E-state index is 5.92. The van der Waals surface area contributed by atoms with Crippen LogP contribution in [0.2, 0.25) is 0 Å². The lowest BCUT2D eigenvalue weighted by molar-refractivity contribution is 0.302. The second-order valence-electron chi connectivity index (χ2n) is 4.48. The zero-order chi connectivity index (χ0) is 14.5. The molecule has 0 bridgehead atoms. The summed E-state index contributed by atoms with van der Waals surface area (Å²) in [6, 6.07) is 12.7. The summed E-state index contributed by atoms with van der Waals surface area (Å²) in [5, 5.41) is 0.822. The molecule has 0 aliphatic carbocycles. The Bertz CT molecular complexity index is 556. The van der Waals surface area contributed by atoms with Crippen molar-refractivity contribution in [1.82, 2.24) is 0 Å². The van der Waals surface area contributed by atoms with E-state index in [2.05, 4.69) is 91.1 Å². The van der Waals surface area contributed by atoms with E-state index < -0.39 is 0 Å². The van der Waals surface area contributed by atoms with Crippen LogP contribution in [0, 0.1) is 0 Å². The van der Waals surface area contributed by atoms with Crippen LogP contribution in [-0.4, -0.2) is 0 Å². The number of benzene rings is 2. The molecule has 0 aliphatic rings. The molecule has 20 heavy (non-hydrogen) atoms. The van der Waals surface area contributed by atoms with Gasteiger partial charge in [0.1, 0.15) is 12.4 Å². The van der Waals surface area contributed by atoms with E-state index in [1.807, 2.05) is 0 Å². The van der Waals surface area contributed by atoms with E-state index in [0.29, 0.717) is 6.61 Å². The highest BCUT2D eigenvalue weighted by molar-refractivity contribution is 9.11. The van der Waals surface area contributed by atoms with Gasteiger partial charge in [-0.3, -0.25) is 0 Å². The smallest absolute Gasteiger partial charge is 0.148 e. The summed E-state index contributed by atoms with van der Waals surface area (Å²) < 4.78 is 7.85. The summed E-state index contributed by atoms with van der Waals surface area (Å²) in [6.07, 6.45) is 1.06. The van der Waals surface area contributed by atoms with Crippen molar-refractivity contribution in [2.45, 2.75) is 25.3 Å². The zero-order valence-electron chi connectivity index (χ0n) is 11.1.